The Kier molecular flexibility index (Phi) is 7.83. The molecular weight excluding hydrogens is 356 g/mol. The van der Waals surface area contributed by atoms with Gasteiger partial charge in [0.25, 0.3) is 0 Å². The maximum Gasteiger partial charge on any atom is 0.156 e. The molecule has 0 aliphatic heterocycles. The molecule has 0 spiro atoms. The van der Waals surface area contributed by atoms with E-state index in [1.807, 2.05) is 73.9 Å². The van der Waals surface area contributed by atoms with Crippen molar-refractivity contribution in [1.29, 1.82) is 0 Å². The summed E-state index contributed by atoms with van der Waals surface area (Å²) < 4.78 is 2.01. The number of halogens is 1. The molecule has 2 aromatic heterocycles. The number of aryl methyl sites for hydroxylation is 1. The van der Waals surface area contributed by atoms with Crippen molar-refractivity contribution >= 4 is 23.3 Å². The highest BCUT2D eigenvalue weighted by atomic mass is 35.5. The number of fused-ring (bicyclic) bond motifs is 1. The van der Waals surface area contributed by atoms with E-state index in [0.717, 1.165) is 34.2 Å². The molecule has 0 aromatic carbocycles. The normalized spacial score (nSPS) is 14.9. The van der Waals surface area contributed by atoms with Crippen LogP contribution in [0.15, 0.2) is 83.5 Å². The summed E-state index contributed by atoms with van der Waals surface area (Å²) in [6.07, 6.45) is 23.9. The van der Waals surface area contributed by atoms with Crippen LogP contribution in [0.3, 0.4) is 0 Å². The summed E-state index contributed by atoms with van der Waals surface area (Å²) in [6.45, 7) is 6.00. The van der Waals surface area contributed by atoms with Crippen LogP contribution in [0.2, 0.25) is 0 Å². The molecule has 2 heterocycles. The second-order valence-corrected chi connectivity index (χ2v) is 6.46. The van der Waals surface area contributed by atoms with Gasteiger partial charge < -0.3 is 10.1 Å². The zero-order valence-corrected chi connectivity index (χ0v) is 16.7. The Balaban J connectivity index is 0.000000244. The van der Waals surface area contributed by atoms with E-state index in [0.29, 0.717) is 0 Å². The molecular formula is C22H25ClN4. The van der Waals surface area contributed by atoms with E-state index in [1.165, 1.54) is 5.57 Å². The number of hydrogen-bond donors (Lipinski definition) is 1. The SMILES string of the molecule is CC1=CC(Cl)=CCC=C1.C\C=C/C(N)=C\C=C\c1nc2cnccn2c1C. The molecule has 140 valence electrons. The Morgan fingerprint density at radius 2 is 2.15 bits per heavy atom. The van der Waals surface area contributed by atoms with Crippen LogP contribution in [-0.2, 0) is 0 Å². The first kappa shape index (κ1) is 20.5. The van der Waals surface area contributed by atoms with Crippen molar-refractivity contribution in [3.8, 4) is 0 Å². The fourth-order valence-electron chi connectivity index (χ4n) is 2.46. The third kappa shape index (κ3) is 6.42. The molecule has 0 atom stereocenters. The van der Waals surface area contributed by atoms with Crippen LogP contribution in [0.1, 0.15) is 31.7 Å². The zero-order valence-electron chi connectivity index (χ0n) is 15.9. The Morgan fingerprint density at radius 3 is 2.89 bits per heavy atom. The lowest BCUT2D eigenvalue weighted by Crippen LogP contribution is -1.90. The van der Waals surface area contributed by atoms with E-state index >= 15 is 0 Å². The third-order valence-electron chi connectivity index (χ3n) is 3.80. The van der Waals surface area contributed by atoms with Gasteiger partial charge in [-0.1, -0.05) is 42.0 Å². The van der Waals surface area contributed by atoms with Gasteiger partial charge in [-0.15, -0.1) is 0 Å². The molecule has 0 bridgehead atoms. The largest absolute Gasteiger partial charge is 0.399 e. The molecule has 0 radical (unpaired) electrons. The number of rotatable bonds is 3. The van der Waals surface area contributed by atoms with E-state index in [4.69, 9.17) is 17.3 Å². The average Bonchev–Trinajstić information content (AvgIpc) is 2.82. The van der Waals surface area contributed by atoms with Crippen LogP contribution in [0.25, 0.3) is 11.7 Å². The summed E-state index contributed by atoms with van der Waals surface area (Å²) >= 11 is 5.76. The van der Waals surface area contributed by atoms with Gasteiger partial charge in [-0.05, 0) is 57.1 Å². The summed E-state index contributed by atoms with van der Waals surface area (Å²) in [5, 5.41) is 0.845. The average molecular weight is 381 g/mol. The van der Waals surface area contributed by atoms with Gasteiger partial charge in [0.15, 0.2) is 5.65 Å². The van der Waals surface area contributed by atoms with Gasteiger partial charge in [0.2, 0.25) is 0 Å². The number of hydrogen-bond acceptors (Lipinski definition) is 3. The first-order valence-electron chi connectivity index (χ1n) is 8.77. The van der Waals surface area contributed by atoms with Crippen molar-refractivity contribution in [3.63, 3.8) is 0 Å². The summed E-state index contributed by atoms with van der Waals surface area (Å²) in [7, 11) is 0. The maximum absolute atomic E-state index is 5.76. The number of nitrogens with two attached hydrogens (primary N) is 1. The first-order valence-corrected chi connectivity index (χ1v) is 9.14. The van der Waals surface area contributed by atoms with Crippen molar-refractivity contribution in [3.05, 3.63) is 94.9 Å². The minimum absolute atomic E-state index is 0.719. The summed E-state index contributed by atoms with van der Waals surface area (Å²) in [4.78, 5) is 8.53. The fraction of sp³-hybridized carbons (Fsp3) is 0.182. The van der Waals surface area contributed by atoms with Gasteiger partial charge in [-0.2, -0.15) is 0 Å². The summed E-state index contributed by atoms with van der Waals surface area (Å²) in [5.41, 5.74) is 10.5. The minimum Gasteiger partial charge on any atom is -0.399 e. The monoisotopic (exact) mass is 380 g/mol. The molecule has 0 saturated heterocycles. The number of allylic oxidation sites excluding steroid dienone is 10. The molecule has 3 rings (SSSR count). The standard InChI is InChI=1S/C14H16N4.C8H9Cl/c1-3-5-12(15)6-4-7-13-11(2)18-9-8-16-10-14(18)17-13;1-7-4-2-3-5-8(9)6-7/h3-10H,15H2,1-2H3;2,4-6H,3H2,1H3/b5-3-,7-4+,12-6+;. The molecule has 0 unspecified atom stereocenters. The van der Waals surface area contributed by atoms with Crippen molar-refractivity contribution in [2.24, 2.45) is 5.73 Å². The van der Waals surface area contributed by atoms with Gasteiger partial charge >= 0.3 is 0 Å². The molecule has 0 amide bonds. The van der Waals surface area contributed by atoms with Gasteiger partial charge in [0.05, 0.1) is 11.9 Å². The van der Waals surface area contributed by atoms with E-state index in [9.17, 15) is 0 Å². The number of imidazole rings is 1. The van der Waals surface area contributed by atoms with Crippen LogP contribution < -0.4 is 5.73 Å². The molecule has 2 N–H and O–H groups in total. The van der Waals surface area contributed by atoms with Crippen molar-refractivity contribution in [2.45, 2.75) is 27.2 Å². The van der Waals surface area contributed by atoms with Crippen LogP contribution in [0, 0.1) is 6.92 Å². The van der Waals surface area contributed by atoms with Gasteiger partial charge in [0.1, 0.15) is 0 Å². The zero-order chi connectivity index (χ0) is 19.6. The third-order valence-corrected chi connectivity index (χ3v) is 4.07. The predicted molar refractivity (Wildman–Crippen MR) is 115 cm³/mol. The fourth-order valence-corrected chi connectivity index (χ4v) is 2.72. The van der Waals surface area contributed by atoms with E-state index < -0.39 is 0 Å². The smallest absolute Gasteiger partial charge is 0.156 e. The Hall–Kier alpha value is -2.85. The van der Waals surface area contributed by atoms with Crippen molar-refractivity contribution < 1.29 is 0 Å². The van der Waals surface area contributed by atoms with Crippen LogP contribution in [0.5, 0.6) is 0 Å². The van der Waals surface area contributed by atoms with Crippen LogP contribution >= 0.6 is 11.6 Å². The first-order chi connectivity index (χ1) is 13.0. The Morgan fingerprint density at radius 1 is 1.33 bits per heavy atom. The van der Waals surface area contributed by atoms with E-state index in [-0.39, 0.29) is 0 Å². The molecule has 5 heteroatoms. The number of aromatic nitrogens is 3. The lowest BCUT2D eigenvalue weighted by Gasteiger charge is -1.93. The minimum atomic E-state index is 0.719. The van der Waals surface area contributed by atoms with Gasteiger partial charge in [-0.3, -0.25) is 4.98 Å². The highest BCUT2D eigenvalue weighted by Gasteiger charge is 2.03. The summed E-state index contributed by atoms with van der Waals surface area (Å²) in [6, 6.07) is 0. The highest BCUT2D eigenvalue weighted by Crippen LogP contribution is 2.13. The molecule has 27 heavy (non-hydrogen) atoms. The molecule has 0 saturated carbocycles. The number of nitrogens with zero attached hydrogens (tertiary/aromatic N) is 3. The van der Waals surface area contributed by atoms with Gasteiger partial charge in [0, 0.05) is 28.8 Å². The highest BCUT2D eigenvalue weighted by molar-refractivity contribution is 6.31. The second kappa shape index (κ2) is 10.3. The molecule has 1 aliphatic carbocycles. The van der Waals surface area contributed by atoms with E-state index in [1.54, 1.807) is 12.4 Å². The van der Waals surface area contributed by atoms with Crippen molar-refractivity contribution in [2.75, 3.05) is 0 Å². The Bertz CT molecular complexity index is 956. The van der Waals surface area contributed by atoms with E-state index in [2.05, 4.69) is 22.1 Å². The van der Waals surface area contributed by atoms with Gasteiger partial charge in [-0.25, -0.2) is 4.98 Å². The lowest BCUT2D eigenvalue weighted by molar-refractivity contribution is 1.07. The lowest BCUT2D eigenvalue weighted by atomic mass is 10.3. The summed E-state index contributed by atoms with van der Waals surface area (Å²) in [5.74, 6) is 0. The maximum atomic E-state index is 5.76. The Labute approximate surface area is 165 Å². The predicted octanol–water partition coefficient (Wildman–Crippen LogP) is 5.48. The second-order valence-electron chi connectivity index (χ2n) is 6.03. The molecule has 0 fully saturated rings. The van der Waals surface area contributed by atoms with Crippen molar-refractivity contribution in [1.82, 2.24) is 14.4 Å². The van der Waals surface area contributed by atoms with Crippen LogP contribution in [0.4, 0.5) is 0 Å². The topological polar surface area (TPSA) is 56.2 Å². The quantitative estimate of drug-likeness (QED) is 0.716. The molecule has 4 nitrogen and oxygen atoms in total. The molecule has 1 aliphatic rings. The van der Waals surface area contributed by atoms with Crippen LogP contribution in [-0.4, -0.2) is 14.4 Å². The molecule has 2 aromatic rings.